The summed E-state index contributed by atoms with van der Waals surface area (Å²) in [5, 5.41) is 4.01. The van der Waals surface area contributed by atoms with Gasteiger partial charge in [0, 0.05) is 26.2 Å². The quantitative estimate of drug-likeness (QED) is 0.840. The minimum Gasteiger partial charge on any atom is -0.480 e. The molecule has 0 radical (unpaired) electrons. The fourth-order valence-corrected chi connectivity index (χ4v) is 4.07. The number of carbonyl (C=O) groups is 1. The van der Waals surface area contributed by atoms with E-state index in [0.717, 1.165) is 25.2 Å². The van der Waals surface area contributed by atoms with Crippen LogP contribution in [0.3, 0.4) is 0 Å². The van der Waals surface area contributed by atoms with Gasteiger partial charge in [-0.05, 0) is 13.3 Å². The summed E-state index contributed by atoms with van der Waals surface area (Å²) in [5.74, 6) is 0.0926. The van der Waals surface area contributed by atoms with Crippen molar-refractivity contribution in [1.82, 2.24) is 24.1 Å². The molecule has 0 spiro atoms. The molecule has 3 rings (SSSR count). The molecule has 0 aromatic carbocycles. The van der Waals surface area contributed by atoms with E-state index < -0.39 is 15.9 Å². The molecule has 9 nitrogen and oxygen atoms in total. The van der Waals surface area contributed by atoms with Gasteiger partial charge >= 0.3 is 0 Å². The van der Waals surface area contributed by atoms with Crippen LogP contribution in [0.15, 0.2) is 11.1 Å². The van der Waals surface area contributed by atoms with Crippen LogP contribution in [0.1, 0.15) is 28.4 Å². The third-order valence-corrected chi connectivity index (χ3v) is 5.16. The summed E-state index contributed by atoms with van der Waals surface area (Å²) in [6.07, 6.45) is 3.34. The van der Waals surface area contributed by atoms with Crippen molar-refractivity contribution >= 4 is 15.9 Å². The number of ether oxygens (including phenoxy) is 1. The zero-order valence-electron chi connectivity index (χ0n) is 13.0. The lowest BCUT2D eigenvalue weighted by Gasteiger charge is -2.07. The van der Waals surface area contributed by atoms with E-state index in [2.05, 4.69) is 10.1 Å². The van der Waals surface area contributed by atoms with Gasteiger partial charge in [0.1, 0.15) is 11.5 Å². The van der Waals surface area contributed by atoms with Gasteiger partial charge in [-0.3, -0.25) is 4.79 Å². The van der Waals surface area contributed by atoms with Gasteiger partial charge in [-0.2, -0.15) is 5.10 Å². The van der Waals surface area contributed by atoms with E-state index in [0.29, 0.717) is 0 Å². The Morgan fingerprint density at radius 1 is 1.43 bits per heavy atom. The molecular formula is C13H17N5O4S. The van der Waals surface area contributed by atoms with Crippen molar-refractivity contribution in [3.63, 3.8) is 0 Å². The van der Waals surface area contributed by atoms with E-state index in [9.17, 15) is 13.2 Å². The standard InChI is InChI=1S/C13H17N5O4S/c1-8-11(13(22-3)17(2)15-8)23(20,21)16-12(19)9-7-18-6-4-5-10(18)14-9/h7H,4-6H2,1-3H3,(H,16,19). The number of hydrogen-bond acceptors (Lipinski definition) is 6. The molecule has 1 aliphatic heterocycles. The number of nitrogens with zero attached hydrogens (tertiary/aromatic N) is 4. The Labute approximate surface area is 133 Å². The number of nitrogens with one attached hydrogen (secondary N) is 1. The average Bonchev–Trinajstić information content (AvgIpc) is 3.10. The first-order valence-electron chi connectivity index (χ1n) is 7.04. The first-order chi connectivity index (χ1) is 10.8. The highest BCUT2D eigenvalue weighted by atomic mass is 32.2. The molecular weight excluding hydrogens is 322 g/mol. The molecule has 0 saturated carbocycles. The normalized spacial score (nSPS) is 13.9. The molecule has 0 saturated heterocycles. The lowest BCUT2D eigenvalue weighted by Crippen LogP contribution is -2.31. The minimum atomic E-state index is -4.11. The minimum absolute atomic E-state index is 0.0649. The number of aromatic nitrogens is 4. The van der Waals surface area contributed by atoms with Gasteiger partial charge < -0.3 is 9.30 Å². The molecule has 2 aromatic heterocycles. The summed E-state index contributed by atoms with van der Waals surface area (Å²) < 4.78 is 35.3. The van der Waals surface area contributed by atoms with Crippen LogP contribution in [0, 0.1) is 6.92 Å². The lowest BCUT2D eigenvalue weighted by molar-refractivity contribution is 0.0976. The molecule has 10 heteroatoms. The highest BCUT2D eigenvalue weighted by Gasteiger charge is 2.30. The van der Waals surface area contributed by atoms with Crippen molar-refractivity contribution in [3.05, 3.63) is 23.4 Å². The number of amides is 1. The Balaban J connectivity index is 1.90. The van der Waals surface area contributed by atoms with E-state index in [-0.39, 0.29) is 22.2 Å². The molecule has 0 unspecified atom stereocenters. The fraction of sp³-hybridized carbons (Fsp3) is 0.462. The van der Waals surface area contributed by atoms with E-state index in [1.54, 1.807) is 13.2 Å². The molecule has 0 fully saturated rings. The fourth-order valence-electron chi connectivity index (χ4n) is 2.74. The van der Waals surface area contributed by atoms with Gasteiger partial charge in [-0.25, -0.2) is 22.8 Å². The summed E-state index contributed by atoms with van der Waals surface area (Å²) >= 11 is 0. The summed E-state index contributed by atoms with van der Waals surface area (Å²) in [4.78, 5) is 16.2. The van der Waals surface area contributed by atoms with Crippen molar-refractivity contribution in [2.75, 3.05) is 7.11 Å². The number of fused-ring (bicyclic) bond motifs is 1. The van der Waals surface area contributed by atoms with E-state index in [1.165, 1.54) is 18.7 Å². The van der Waals surface area contributed by atoms with Crippen LogP contribution in [-0.2, 0) is 30.0 Å². The number of hydrogen-bond donors (Lipinski definition) is 1. The Kier molecular flexibility index (Phi) is 3.63. The van der Waals surface area contributed by atoms with Crippen LogP contribution in [0.25, 0.3) is 0 Å². The summed E-state index contributed by atoms with van der Waals surface area (Å²) in [5.41, 5.74) is 0.334. The first-order valence-corrected chi connectivity index (χ1v) is 8.52. The maximum atomic E-state index is 12.5. The molecule has 1 aliphatic rings. The predicted octanol–water partition coefficient (Wildman–Crippen LogP) is -0.00148. The molecule has 23 heavy (non-hydrogen) atoms. The smallest absolute Gasteiger partial charge is 0.285 e. The third kappa shape index (κ3) is 2.58. The second-order valence-electron chi connectivity index (χ2n) is 5.32. The molecule has 0 aliphatic carbocycles. The Morgan fingerprint density at radius 3 is 2.83 bits per heavy atom. The second-order valence-corrected chi connectivity index (χ2v) is 6.94. The molecule has 1 amide bonds. The number of methoxy groups -OCH3 is 1. The molecule has 0 atom stereocenters. The number of imidazole rings is 1. The monoisotopic (exact) mass is 339 g/mol. The van der Waals surface area contributed by atoms with Crippen LogP contribution in [0.2, 0.25) is 0 Å². The van der Waals surface area contributed by atoms with Gasteiger partial charge in [0.05, 0.1) is 12.8 Å². The van der Waals surface area contributed by atoms with Crippen molar-refractivity contribution in [1.29, 1.82) is 0 Å². The van der Waals surface area contributed by atoms with Crippen molar-refractivity contribution in [3.8, 4) is 5.88 Å². The van der Waals surface area contributed by atoms with Crippen molar-refractivity contribution in [2.24, 2.45) is 7.05 Å². The molecule has 0 bridgehead atoms. The lowest BCUT2D eigenvalue weighted by atomic mass is 10.3. The number of rotatable bonds is 4. The van der Waals surface area contributed by atoms with Gasteiger partial charge in [0.25, 0.3) is 15.9 Å². The third-order valence-electron chi connectivity index (χ3n) is 3.70. The first kappa shape index (κ1) is 15.5. The van der Waals surface area contributed by atoms with Gasteiger partial charge in [0.15, 0.2) is 4.90 Å². The highest BCUT2D eigenvalue weighted by Crippen LogP contribution is 2.26. The van der Waals surface area contributed by atoms with Crippen LogP contribution >= 0.6 is 0 Å². The second kappa shape index (κ2) is 5.37. The Bertz CT molecular complexity index is 859. The number of carbonyl (C=O) groups excluding carboxylic acids is 1. The Hall–Kier alpha value is -2.36. The van der Waals surface area contributed by atoms with Gasteiger partial charge in [0.2, 0.25) is 5.88 Å². The summed E-state index contributed by atoms with van der Waals surface area (Å²) in [6, 6.07) is 0. The Morgan fingerprint density at radius 2 is 2.17 bits per heavy atom. The van der Waals surface area contributed by atoms with Crippen molar-refractivity contribution in [2.45, 2.75) is 31.2 Å². The summed E-state index contributed by atoms with van der Waals surface area (Å²) in [7, 11) is -1.20. The molecule has 2 aromatic rings. The van der Waals surface area contributed by atoms with Crippen LogP contribution < -0.4 is 9.46 Å². The zero-order chi connectivity index (χ0) is 16.8. The van der Waals surface area contributed by atoms with Gasteiger partial charge in [-0.15, -0.1) is 0 Å². The molecule has 124 valence electrons. The summed E-state index contributed by atoms with van der Waals surface area (Å²) in [6.45, 7) is 2.32. The molecule has 1 N–H and O–H groups in total. The van der Waals surface area contributed by atoms with Crippen LogP contribution in [0.4, 0.5) is 0 Å². The number of aryl methyl sites for hydroxylation is 4. The zero-order valence-corrected chi connectivity index (χ0v) is 13.8. The van der Waals surface area contributed by atoms with Gasteiger partial charge in [-0.1, -0.05) is 0 Å². The maximum absolute atomic E-state index is 12.5. The van der Waals surface area contributed by atoms with Crippen molar-refractivity contribution < 1.29 is 17.9 Å². The van der Waals surface area contributed by atoms with E-state index in [1.807, 2.05) is 9.29 Å². The largest absolute Gasteiger partial charge is 0.480 e. The molecule has 3 heterocycles. The average molecular weight is 339 g/mol. The SMILES string of the molecule is COc1c(S(=O)(=O)NC(=O)c2cn3c(n2)CCC3)c(C)nn1C. The van der Waals surface area contributed by atoms with E-state index in [4.69, 9.17) is 4.74 Å². The van der Waals surface area contributed by atoms with Crippen LogP contribution in [0.5, 0.6) is 5.88 Å². The van der Waals surface area contributed by atoms with Crippen LogP contribution in [-0.4, -0.2) is 40.8 Å². The topological polar surface area (TPSA) is 108 Å². The predicted molar refractivity (Wildman–Crippen MR) is 79.7 cm³/mol. The van der Waals surface area contributed by atoms with E-state index >= 15 is 0 Å². The highest BCUT2D eigenvalue weighted by molar-refractivity contribution is 7.90. The number of sulfonamides is 1. The maximum Gasteiger partial charge on any atom is 0.285 e.